The fourth-order valence-electron chi connectivity index (χ4n) is 3.81. The van der Waals surface area contributed by atoms with Crippen LogP contribution in [-0.2, 0) is 13.2 Å². The molecule has 1 saturated heterocycles. The molecule has 1 heterocycles. The smallest absolute Gasteiger partial charge is 0.124 e. The lowest BCUT2D eigenvalue weighted by molar-refractivity contribution is 0.240. The van der Waals surface area contributed by atoms with Crippen LogP contribution in [-0.4, -0.2) is 44.2 Å². The van der Waals surface area contributed by atoms with Crippen molar-refractivity contribution in [2.75, 3.05) is 39.3 Å². The van der Waals surface area contributed by atoms with Crippen molar-refractivity contribution in [2.45, 2.75) is 13.2 Å². The number of rotatable bonds is 8. The fraction of sp³-hybridized carbons (Fsp3) is 0.333. The number of hydrogen-bond acceptors (Lipinski definition) is 4. The molecule has 6 heteroatoms. The number of ether oxygens (including phenoxy) is 1. The number of hydrogen-bond donors (Lipinski definition) is 2. The molecule has 0 amide bonds. The molecule has 1 aliphatic rings. The van der Waals surface area contributed by atoms with Crippen LogP contribution < -0.4 is 15.4 Å². The zero-order valence-corrected chi connectivity index (χ0v) is 18.5. The second-order valence-corrected chi connectivity index (χ2v) is 8.40. The minimum Gasteiger partial charge on any atom is -0.488 e. The molecule has 158 valence electrons. The first-order chi connectivity index (χ1) is 14.7. The Bertz CT molecular complexity index is 989. The van der Waals surface area contributed by atoms with E-state index in [1.54, 1.807) is 6.07 Å². The number of nitrogens with zero attached hydrogens (tertiary/aromatic N) is 1. The largest absolute Gasteiger partial charge is 0.488 e. The summed E-state index contributed by atoms with van der Waals surface area (Å²) < 4.78 is 6.21. The third-order valence-corrected chi connectivity index (χ3v) is 6.10. The molecule has 1 fully saturated rings. The zero-order chi connectivity index (χ0) is 20.8. The lowest BCUT2D eigenvalue weighted by Crippen LogP contribution is -2.45. The van der Waals surface area contributed by atoms with E-state index in [2.05, 4.69) is 51.9 Å². The Balaban J connectivity index is 1.46. The summed E-state index contributed by atoms with van der Waals surface area (Å²) in [5.74, 6) is 0.884. The molecule has 0 saturated carbocycles. The van der Waals surface area contributed by atoms with Crippen LogP contribution in [0.1, 0.15) is 11.1 Å². The summed E-state index contributed by atoms with van der Waals surface area (Å²) in [6.45, 7) is 7.56. The molecule has 0 spiro atoms. The highest BCUT2D eigenvalue weighted by molar-refractivity contribution is 6.35. The van der Waals surface area contributed by atoms with Crippen molar-refractivity contribution in [1.82, 2.24) is 15.5 Å². The van der Waals surface area contributed by atoms with Gasteiger partial charge in [-0.2, -0.15) is 0 Å². The van der Waals surface area contributed by atoms with Gasteiger partial charge in [-0.05, 0) is 29.0 Å². The molecule has 4 rings (SSSR count). The van der Waals surface area contributed by atoms with Gasteiger partial charge in [0.05, 0.1) is 0 Å². The quantitative estimate of drug-likeness (QED) is 0.493. The van der Waals surface area contributed by atoms with E-state index in [1.165, 1.54) is 16.3 Å². The molecule has 2 N–H and O–H groups in total. The summed E-state index contributed by atoms with van der Waals surface area (Å²) in [5.41, 5.74) is 2.10. The second-order valence-electron chi connectivity index (χ2n) is 7.56. The standard InChI is InChI=1S/C24H27Cl2N3O/c25-20-7-5-19(23(26)15-20)17-30-24-8-6-18-3-1-2-4-21(18)22(24)16-28-11-14-29-12-9-27-10-13-29/h1-8,15,27-28H,9-14,16-17H2. The number of fused-ring (bicyclic) bond motifs is 1. The van der Waals surface area contributed by atoms with Crippen LogP contribution in [0.25, 0.3) is 10.8 Å². The summed E-state index contributed by atoms with van der Waals surface area (Å²) in [6, 6.07) is 18.1. The van der Waals surface area contributed by atoms with Gasteiger partial charge in [0.2, 0.25) is 0 Å². The molecule has 0 aromatic heterocycles. The summed E-state index contributed by atoms with van der Waals surface area (Å²) in [5, 5.41) is 10.7. The highest BCUT2D eigenvalue weighted by Crippen LogP contribution is 2.30. The molecule has 0 unspecified atom stereocenters. The maximum atomic E-state index is 6.32. The molecule has 0 aliphatic carbocycles. The van der Waals surface area contributed by atoms with Crippen molar-refractivity contribution in [3.63, 3.8) is 0 Å². The molecule has 0 radical (unpaired) electrons. The molecule has 4 nitrogen and oxygen atoms in total. The highest BCUT2D eigenvalue weighted by atomic mass is 35.5. The van der Waals surface area contributed by atoms with Crippen LogP contribution in [0.3, 0.4) is 0 Å². The number of benzene rings is 3. The first-order valence-corrected chi connectivity index (χ1v) is 11.2. The topological polar surface area (TPSA) is 36.5 Å². The SMILES string of the molecule is Clc1ccc(COc2ccc3ccccc3c2CNCCN2CCNCC2)c(Cl)c1. The average Bonchev–Trinajstić information content (AvgIpc) is 2.77. The normalized spacial score (nSPS) is 14.9. The van der Waals surface area contributed by atoms with Crippen LogP contribution in [0, 0.1) is 0 Å². The van der Waals surface area contributed by atoms with Crippen molar-refractivity contribution in [1.29, 1.82) is 0 Å². The lowest BCUT2D eigenvalue weighted by atomic mass is 10.0. The van der Waals surface area contributed by atoms with Crippen molar-refractivity contribution < 1.29 is 4.74 Å². The predicted octanol–water partition coefficient (Wildman–Crippen LogP) is 4.72. The molecule has 0 bridgehead atoms. The lowest BCUT2D eigenvalue weighted by Gasteiger charge is -2.27. The zero-order valence-electron chi connectivity index (χ0n) is 17.0. The van der Waals surface area contributed by atoms with Gasteiger partial charge in [0, 0.05) is 67.0 Å². The summed E-state index contributed by atoms with van der Waals surface area (Å²) in [7, 11) is 0. The molecule has 1 aliphatic heterocycles. The average molecular weight is 444 g/mol. The number of piperazine rings is 1. The minimum atomic E-state index is 0.405. The van der Waals surface area contributed by atoms with E-state index in [4.69, 9.17) is 27.9 Å². The molecule has 3 aromatic carbocycles. The van der Waals surface area contributed by atoms with E-state index in [9.17, 15) is 0 Å². The molecular formula is C24H27Cl2N3O. The Morgan fingerprint density at radius 3 is 2.67 bits per heavy atom. The maximum Gasteiger partial charge on any atom is 0.124 e. The van der Waals surface area contributed by atoms with Gasteiger partial charge in [0.15, 0.2) is 0 Å². The minimum absolute atomic E-state index is 0.405. The molecule has 30 heavy (non-hydrogen) atoms. The molecular weight excluding hydrogens is 417 g/mol. The Hall–Kier alpha value is -1.82. The van der Waals surface area contributed by atoms with Gasteiger partial charge >= 0.3 is 0 Å². The van der Waals surface area contributed by atoms with Crippen LogP contribution in [0.15, 0.2) is 54.6 Å². The molecule has 0 atom stereocenters. The van der Waals surface area contributed by atoms with Gasteiger partial charge in [-0.25, -0.2) is 0 Å². The third kappa shape index (κ3) is 5.45. The van der Waals surface area contributed by atoms with E-state index in [-0.39, 0.29) is 0 Å². The van der Waals surface area contributed by atoms with Crippen molar-refractivity contribution in [3.8, 4) is 5.75 Å². The van der Waals surface area contributed by atoms with E-state index >= 15 is 0 Å². The van der Waals surface area contributed by atoms with Gasteiger partial charge in [-0.3, -0.25) is 4.90 Å². The van der Waals surface area contributed by atoms with Crippen molar-refractivity contribution >= 4 is 34.0 Å². The van der Waals surface area contributed by atoms with E-state index in [0.717, 1.165) is 57.1 Å². The summed E-state index contributed by atoms with van der Waals surface area (Å²) in [6.07, 6.45) is 0. The van der Waals surface area contributed by atoms with E-state index in [0.29, 0.717) is 16.7 Å². The predicted molar refractivity (Wildman–Crippen MR) is 126 cm³/mol. The van der Waals surface area contributed by atoms with Crippen LogP contribution in [0.2, 0.25) is 10.0 Å². The number of halogens is 2. The fourth-order valence-corrected chi connectivity index (χ4v) is 4.28. The second kappa shape index (κ2) is 10.5. The third-order valence-electron chi connectivity index (χ3n) is 5.51. The Kier molecular flexibility index (Phi) is 7.47. The van der Waals surface area contributed by atoms with Gasteiger partial charge in [-0.15, -0.1) is 0 Å². The van der Waals surface area contributed by atoms with Crippen molar-refractivity contribution in [3.05, 3.63) is 75.8 Å². The van der Waals surface area contributed by atoms with Crippen LogP contribution in [0.5, 0.6) is 5.75 Å². The summed E-state index contributed by atoms with van der Waals surface area (Å²) >= 11 is 12.3. The highest BCUT2D eigenvalue weighted by Gasteiger charge is 2.12. The Morgan fingerprint density at radius 2 is 1.83 bits per heavy atom. The summed E-state index contributed by atoms with van der Waals surface area (Å²) in [4.78, 5) is 2.49. The maximum absolute atomic E-state index is 6.32. The number of nitrogens with one attached hydrogen (secondary N) is 2. The first kappa shape index (κ1) is 21.4. The van der Waals surface area contributed by atoms with E-state index in [1.807, 2.05) is 12.1 Å². The van der Waals surface area contributed by atoms with Crippen LogP contribution in [0.4, 0.5) is 0 Å². The van der Waals surface area contributed by atoms with Gasteiger partial charge in [0.25, 0.3) is 0 Å². The van der Waals surface area contributed by atoms with Gasteiger partial charge in [0.1, 0.15) is 12.4 Å². The van der Waals surface area contributed by atoms with Gasteiger partial charge in [-0.1, -0.05) is 59.6 Å². The monoisotopic (exact) mass is 443 g/mol. The van der Waals surface area contributed by atoms with Gasteiger partial charge < -0.3 is 15.4 Å². The Labute approximate surface area is 188 Å². The van der Waals surface area contributed by atoms with Crippen LogP contribution >= 0.6 is 23.2 Å². The first-order valence-electron chi connectivity index (χ1n) is 10.4. The van der Waals surface area contributed by atoms with E-state index < -0.39 is 0 Å². The Morgan fingerprint density at radius 1 is 1.00 bits per heavy atom. The van der Waals surface area contributed by atoms with Crippen molar-refractivity contribution in [2.24, 2.45) is 0 Å². The molecule has 3 aromatic rings.